The Kier molecular flexibility index (Phi) is 6.14. The number of amides is 1. The monoisotopic (exact) mass is 480 g/mol. The molecule has 1 amide bonds. The van der Waals surface area contributed by atoms with E-state index in [0.29, 0.717) is 11.3 Å². The van der Waals surface area contributed by atoms with Crippen molar-refractivity contribution < 1.29 is 4.79 Å². The van der Waals surface area contributed by atoms with E-state index >= 15 is 0 Å². The van der Waals surface area contributed by atoms with Gasteiger partial charge in [0.25, 0.3) is 0 Å². The van der Waals surface area contributed by atoms with Crippen LogP contribution in [0.2, 0.25) is 0 Å². The molecule has 5 nitrogen and oxygen atoms in total. The number of aromatic nitrogens is 1. The number of carbonyl (C=O) groups excluding carboxylic acids is 1. The van der Waals surface area contributed by atoms with E-state index in [1.807, 2.05) is 29.8 Å². The molecule has 0 N–H and O–H groups in total. The van der Waals surface area contributed by atoms with Gasteiger partial charge < -0.3 is 0 Å². The zero-order valence-corrected chi connectivity index (χ0v) is 20.9. The van der Waals surface area contributed by atoms with E-state index < -0.39 is 5.41 Å². The minimum Gasteiger partial charge on any atom is -0.297 e. The molecule has 5 rings (SSSR count). The van der Waals surface area contributed by atoms with Gasteiger partial charge in [-0.25, -0.2) is 4.98 Å². The van der Waals surface area contributed by atoms with Gasteiger partial charge in [0, 0.05) is 30.4 Å². The smallest absolute Gasteiger partial charge is 0.242 e. The Morgan fingerprint density at radius 1 is 1.23 bits per heavy atom. The van der Waals surface area contributed by atoms with E-state index in [-0.39, 0.29) is 11.9 Å². The van der Waals surface area contributed by atoms with Crippen LogP contribution in [0.25, 0.3) is 10.2 Å². The summed E-state index contributed by atoms with van der Waals surface area (Å²) in [7, 11) is 0. The fourth-order valence-corrected chi connectivity index (χ4v) is 6.03. The molecule has 176 valence electrons. The number of nitrogens with zero attached hydrogens (tertiary/aromatic N) is 4. The molecular weight excluding hydrogens is 452 g/mol. The van der Waals surface area contributed by atoms with E-state index in [2.05, 4.69) is 53.7 Å². The molecule has 0 aliphatic carbocycles. The Hall–Kier alpha value is -3.53. The van der Waals surface area contributed by atoms with Gasteiger partial charge in [0.1, 0.15) is 0 Å². The van der Waals surface area contributed by atoms with Crippen LogP contribution in [0.4, 0.5) is 5.69 Å². The molecule has 0 unspecified atom stereocenters. The van der Waals surface area contributed by atoms with Crippen molar-refractivity contribution in [3.05, 3.63) is 95.2 Å². The summed E-state index contributed by atoms with van der Waals surface area (Å²) >= 11 is 1.66. The first-order valence-corrected chi connectivity index (χ1v) is 12.8. The highest BCUT2D eigenvalue weighted by atomic mass is 32.1. The number of thiazole rings is 1. The summed E-state index contributed by atoms with van der Waals surface area (Å²) in [6.45, 7) is 9.62. The maximum Gasteiger partial charge on any atom is 0.242 e. The predicted octanol–water partition coefficient (Wildman–Crippen LogP) is 6.28. The molecular formula is C29H28N4OS. The van der Waals surface area contributed by atoms with Gasteiger partial charge >= 0.3 is 0 Å². The molecule has 1 fully saturated rings. The van der Waals surface area contributed by atoms with Gasteiger partial charge in [-0.1, -0.05) is 30.8 Å². The molecule has 6 heteroatoms. The first-order valence-electron chi connectivity index (χ1n) is 11.9. The average molecular weight is 481 g/mol. The van der Waals surface area contributed by atoms with Crippen LogP contribution in [0.1, 0.15) is 43.9 Å². The topological polar surface area (TPSA) is 60.2 Å². The normalized spacial score (nSPS) is 19.1. The molecule has 2 aliphatic rings. The molecule has 35 heavy (non-hydrogen) atoms. The number of likely N-dealkylation sites (tertiary alicyclic amines) is 1. The summed E-state index contributed by atoms with van der Waals surface area (Å²) in [6.07, 6.45) is 6.77. The second-order valence-electron chi connectivity index (χ2n) is 9.29. The van der Waals surface area contributed by atoms with Crippen LogP contribution in [-0.4, -0.2) is 28.9 Å². The second-order valence-corrected chi connectivity index (χ2v) is 10.2. The third kappa shape index (κ3) is 3.91. The van der Waals surface area contributed by atoms with Crippen LogP contribution < -0.4 is 4.90 Å². The number of para-hydroxylation sites is 1. The lowest BCUT2D eigenvalue weighted by Gasteiger charge is -2.41. The van der Waals surface area contributed by atoms with Gasteiger partial charge in [-0.2, -0.15) is 5.26 Å². The van der Waals surface area contributed by atoms with Crippen molar-refractivity contribution in [2.24, 2.45) is 0 Å². The number of rotatable bonds is 5. The lowest BCUT2D eigenvalue weighted by Crippen LogP contribution is -2.48. The number of hydrogen-bond acceptors (Lipinski definition) is 5. The number of allylic oxidation sites excluding steroid dienone is 4. The van der Waals surface area contributed by atoms with Gasteiger partial charge in [0.2, 0.25) is 5.91 Å². The average Bonchev–Trinajstić information content (AvgIpc) is 3.46. The number of fused-ring (bicyclic) bond motifs is 3. The SMILES string of the molecule is C=C/C(=C\C=C(/C)C#N)N1C(=O)C2(CCN([C@H](C)c3ccc4scnc4c3)CC2)c2ccccc21. The first-order chi connectivity index (χ1) is 17.0. The Labute approximate surface area is 210 Å². The first kappa shape index (κ1) is 23.2. The van der Waals surface area contributed by atoms with Gasteiger partial charge in [0.05, 0.1) is 32.9 Å². The van der Waals surface area contributed by atoms with Crippen molar-refractivity contribution >= 4 is 33.1 Å². The van der Waals surface area contributed by atoms with E-state index in [0.717, 1.165) is 42.7 Å². The number of anilines is 1. The summed E-state index contributed by atoms with van der Waals surface area (Å²) in [5.41, 5.74) is 6.95. The third-order valence-corrected chi connectivity index (χ3v) is 8.27. The summed E-state index contributed by atoms with van der Waals surface area (Å²) in [5, 5.41) is 9.13. The number of piperidine rings is 1. The van der Waals surface area contributed by atoms with E-state index in [1.165, 1.54) is 10.3 Å². The standard InChI is InChI=1S/C29H28N4OS/c1-4-23(11-9-20(2)18-30)33-26-8-6-5-7-24(26)29(28(33)34)13-15-32(16-14-29)21(3)22-10-12-27-25(17-22)31-19-35-27/h4-12,17,19,21H,1,13-16H2,2-3H3/b20-9+,23-11+/t21-/m1/s1. The van der Waals surface area contributed by atoms with Crippen molar-refractivity contribution in [3.63, 3.8) is 0 Å². The summed E-state index contributed by atoms with van der Waals surface area (Å²) in [6, 6.07) is 17.0. The van der Waals surface area contributed by atoms with Crippen LogP contribution in [0.3, 0.4) is 0 Å². The molecule has 3 heterocycles. The molecule has 0 bridgehead atoms. The van der Waals surface area contributed by atoms with E-state index in [1.54, 1.807) is 35.3 Å². The predicted molar refractivity (Wildman–Crippen MR) is 142 cm³/mol. The van der Waals surface area contributed by atoms with Crippen molar-refractivity contribution in [1.82, 2.24) is 9.88 Å². The number of nitriles is 1. The van der Waals surface area contributed by atoms with Crippen LogP contribution in [-0.2, 0) is 10.2 Å². The van der Waals surface area contributed by atoms with Crippen molar-refractivity contribution in [1.29, 1.82) is 5.26 Å². The molecule has 1 spiro atoms. The van der Waals surface area contributed by atoms with Crippen LogP contribution in [0.15, 0.2) is 84.1 Å². The molecule has 0 saturated carbocycles. The van der Waals surface area contributed by atoms with Gasteiger partial charge in [-0.3, -0.25) is 14.6 Å². The van der Waals surface area contributed by atoms with E-state index in [9.17, 15) is 4.79 Å². The molecule has 1 atom stereocenters. The highest BCUT2D eigenvalue weighted by Gasteiger charge is 2.52. The lowest BCUT2D eigenvalue weighted by molar-refractivity contribution is -0.124. The Morgan fingerprint density at radius 2 is 2.00 bits per heavy atom. The number of benzene rings is 2. The van der Waals surface area contributed by atoms with Gasteiger partial charge in [-0.15, -0.1) is 11.3 Å². The Balaban J connectivity index is 1.42. The van der Waals surface area contributed by atoms with Crippen molar-refractivity contribution in [2.75, 3.05) is 18.0 Å². The van der Waals surface area contributed by atoms with Crippen LogP contribution in [0.5, 0.6) is 0 Å². The Morgan fingerprint density at radius 3 is 2.74 bits per heavy atom. The fourth-order valence-electron chi connectivity index (χ4n) is 5.37. The van der Waals surface area contributed by atoms with Crippen LogP contribution in [0, 0.1) is 11.3 Å². The molecule has 1 saturated heterocycles. The maximum atomic E-state index is 14.0. The molecule has 2 aliphatic heterocycles. The minimum atomic E-state index is -0.540. The third-order valence-electron chi connectivity index (χ3n) is 7.46. The van der Waals surface area contributed by atoms with Crippen LogP contribution >= 0.6 is 11.3 Å². The Bertz CT molecular complexity index is 1400. The number of carbonyl (C=O) groups is 1. The molecule has 0 radical (unpaired) electrons. The summed E-state index contributed by atoms with van der Waals surface area (Å²) < 4.78 is 1.21. The quantitative estimate of drug-likeness (QED) is 0.319. The zero-order chi connectivity index (χ0) is 24.6. The van der Waals surface area contributed by atoms with Crippen molar-refractivity contribution in [2.45, 2.75) is 38.1 Å². The summed E-state index contributed by atoms with van der Waals surface area (Å²) in [5.74, 6) is 0.101. The zero-order valence-electron chi connectivity index (χ0n) is 20.1. The number of hydrogen-bond donors (Lipinski definition) is 0. The van der Waals surface area contributed by atoms with Crippen molar-refractivity contribution in [3.8, 4) is 6.07 Å². The summed E-state index contributed by atoms with van der Waals surface area (Å²) in [4.78, 5) is 22.8. The largest absolute Gasteiger partial charge is 0.297 e. The second kappa shape index (κ2) is 9.26. The molecule has 3 aromatic rings. The van der Waals surface area contributed by atoms with Gasteiger partial charge in [-0.05, 0) is 74.2 Å². The highest BCUT2D eigenvalue weighted by Crippen LogP contribution is 2.50. The van der Waals surface area contributed by atoms with E-state index in [4.69, 9.17) is 5.26 Å². The minimum absolute atomic E-state index is 0.101. The maximum absolute atomic E-state index is 14.0. The van der Waals surface area contributed by atoms with Gasteiger partial charge in [0.15, 0.2) is 0 Å². The lowest BCUT2D eigenvalue weighted by atomic mass is 9.73. The molecule has 2 aromatic carbocycles. The highest BCUT2D eigenvalue weighted by molar-refractivity contribution is 7.16. The fraction of sp³-hybridized carbons (Fsp3) is 0.276. The molecule has 1 aromatic heterocycles.